The standard InChI is InChI=1S/C14H10BrF4NO/c15-10-5-12(17)13(6-11(10)16)20-7-8-1-3-9(4-2-8)21-14(18)19/h1-6,14,20H,7H2. The summed E-state index contributed by atoms with van der Waals surface area (Å²) in [7, 11) is 0. The third-order valence-electron chi connectivity index (χ3n) is 2.64. The van der Waals surface area contributed by atoms with E-state index in [-0.39, 0.29) is 22.5 Å². The van der Waals surface area contributed by atoms with Gasteiger partial charge in [0.15, 0.2) is 0 Å². The van der Waals surface area contributed by atoms with Crippen LogP contribution in [0.1, 0.15) is 5.56 Å². The molecule has 0 unspecified atom stereocenters. The number of anilines is 1. The fourth-order valence-corrected chi connectivity index (χ4v) is 1.96. The molecule has 7 heteroatoms. The molecule has 0 aliphatic rings. The molecule has 2 rings (SSSR count). The highest BCUT2D eigenvalue weighted by Crippen LogP contribution is 2.24. The molecular weight excluding hydrogens is 354 g/mol. The van der Waals surface area contributed by atoms with E-state index in [4.69, 9.17) is 0 Å². The maximum absolute atomic E-state index is 13.6. The van der Waals surface area contributed by atoms with Gasteiger partial charge in [-0.25, -0.2) is 8.78 Å². The molecule has 1 N–H and O–H groups in total. The third-order valence-corrected chi connectivity index (χ3v) is 3.25. The maximum atomic E-state index is 13.6. The van der Waals surface area contributed by atoms with Crippen LogP contribution in [0.2, 0.25) is 0 Å². The van der Waals surface area contributed by atoms with Gasteiger partial charge < -0.3 is 10.1 Å². The van der Waals surface area contributed by atoms with E-state index in [1.54, 1.807) is 12.1 Å². The smallest absolute Gasteiger partial charge is 0.387 e. The van der Waals surface area contributed by atoms with Crippen molar-refractivity contribution >= 4 is 21.6 Å². The van der Waals surface area contributed by atoms with E-state index in [2.05, 4.69) is 26.0 Å². The van der Waals surface area contributed by atoms with Gasteiger partial charge in [0.1, 0.15) is 17.4 Å². The Kier molecular flexibility index (Phi) is 5.06. The molecule has 0 bridgehead atoms. The molecule has 0 fully saturated rings. The van der Waals surface area contributed by atoms with Crippen molar-refractivity contribution in [1.29, 1.82) is 0 Å². The minimum Gasteiger partial charge on any atom is -0.435 e. The molecule has 112 valence electrons. The molecule has 0 spiro atoms. The largest absolute Gasteiger partial charge is 0.435 e. The van der Waals surface area contributed by atoms with Crippen LogP contribution in [0.5, 0.6) is 5.75 Å². The second-order valence-corrected chi connectivity index (χ2v) is 4.98. The average Bonchev–Trinajstić information content (AvgIpc) is 2.42. The second kappa shape index (κ2) is 6.80. The normalized spacial score (nSPS) is 10.8. The first kappa shape index (κ1) is 15.6. The SMILES string of the molecule is Fc1cc(NCc2ccc(OC(F)F)cc2)c(F)cc1Br. The highest BCUT2D eigenvalue weighted by Gasteiger charge is 2.08. The van der Waals surface area contributed by atoms with E-state index in [1.807, 2.05) is 0 Å². The van der Waals surface area contributed by atoms with Crippen LogP contribution in [0.3, 0.4) is 0 Å². The van der Waals surface area contributed by atoms with Crippen molar-refractivity contribution in [2.45, 2.75) is 13.2 Å². The predicted molar refractivity (Wildman–Crippen MR) is 74.5 cm³/mol. The Morgan fingerprint density at radius 2 is 1.71 bits per heavy atom. The molecule has 2 nitrogen and oxygen atoms in total. The molecule has 0 saturated carbocycles. The van der Waals surface area contributed by atoms with Crippen molar-refractivity contribution in [3.05, 3.63) is 58.1 Å². The highest BCUT2D eigenvalue weighted by atomic mass is 79.9. The minimum atomic E-state index is -2.88. The van der Waals surface area contributed by atoms with Crippen molar-refractivity contribution in [3.8, 4) is 5.75 Å². The second-order valence-electron chi connectivity index (χ2n) is 4.12. The zero-order chi connectivity index (χ0) is 15.4. The van der Waals surface area contributed by atoms with Crippen LogP contribution in [0.4, 0.5) is 23.2 Å². The van der Waals surface area contributed by atoms with Gasteiger partial charge in [0.25, 0.3) is 0 Å². The molecule has 0 heterocycles. The van der Waals surface area contributed by atoms with E-state index >= 15 is 0 Å². The molecule has 0 amide bonds. The summed E-state index contributed by atoms with van der Waals surface area (Å²) in [5.41, 5.74) is 0.725. The van der Waals surface area contributed by atoms with Crippen LogP contribution >= 0.6 is 15.9 Å². The summed E-state index contributed by atoms with van der Waals surface area (Å²) in [6, 6.07) is 7.92. The number of benzene rings is 2. The molecule has 0 aromatic heterocycles. The number of hydrogen-bond donors (Lipinski definition) is 1. The first-order valence-electron chi connectivity index (χ1n) is 5.88. The van der Waals surface area contributed by atoms with Crippen molar-refractivity contribution < 1.29 is 22.3 Å². The van der Waals surface area contributed by atoms with E-state index in [0.717, 1.165) is 12.1 Å². The van der Waals surface area contributed by atoms with Crippen molar-refractivity contribution in [3.63, 3.8) is 0 Å². The van der Waals surface area contributed by atoms with Crippen LogP contribution in [0, 0.1) is 11.6 Å². The summed E-state index contributed by atoms with van der Waals surface area (Å²) in [6.45, 7) is -2.67. The van der Waals surface area contributed by atoms with E-state index in [0.29, 0.717) is 5.56 Å². The number of alkyl halides is 2. The monoisotopic (exact) mass is 363 g/mol. The molecule has 0 radical (unpaired) electrons. The molecule has 0 aliphatic heterocycles. The predicted octanol–water partition coefficient (Wildman–Crippen LogP) is 4.94. The van der Waals surface area contributed by atoms with Gasteiger partial charge in [-0.1, -0.05) is 12.1 Å². The van der Waals surface area contributed by atoms with Gasteiger partial charge in [-0.15, -0.1) is 0 Å². The summed E-state index contributed by atoms with van der Waals surface area (Å²) in [6.07, 6.45) is 0. The summed E-state index contributed by atoms with van der Waals surface area (Å²) in [5.74, 6) is -1.14. The van der Waals surface area contributed by atoms with Gasteiger partial charge >= 0.3 is 6.61 Å². The molecule has 2 aromatic carbocycles. The van der Waals surface area contributed by atoms with E-state index < -0.39 is 18.2 Å². The van der Waals surface area contributed by atoms with Gasteiger partial charge in [-0.05, 0) is 39.7 Å². The minimum absolute atomic E-state index is 0.0172. The van der Waals surface area contributed by atoms with Crippen molar-refractivity contribution in [2.75, 3.05) is 5.32 Å². The Hall–Kier alpha value is -1.76. The zero-order valence-corrected chi connectivity index (χ0v) is 12.1. The highest BCUT2D eigenvalue weighted by molar-refractivity contribution is 9.10. The van der Waals surface area contributed by atoms with E-state index in [1.165, 1.54) is 12.1 Å². The van der Waals surface area contributed by atoms with Gasteiger partial charge in [0.2, 0.25) is 0 Å². The van der Waals surface area contributed by atoms with Gasteiger partial charge in [-0.3, -0.25) is 0 Å². The average molecular weight is 364 g/mol. The molecule has 21 heavy (non-hydrogen) atoms. The lowest BCUT2D eigenvalue weighted by Crippen LogP contribution is -2.04. The fourth-order valence-electron chi connectivity index (χ4n) is 1.64. The lowest BCUT2D eigenvalue weighted by atomic mass is 10.2. The van der Waals surface area contributed by atoms with Crippen LogP contribution in [-0.2, 0) is 6.54 Å². The first-order valence-corrected chi connectivity index (χ1v) is 6.67. The van der Waals surface area contributed by atoms with Gasteiger partial charge in [0.05, 0.1) is 10.2 Å². The van der Waals surface area contributed by atoms with Crippen molar-refractivity contribution in [2.24, 2.45) is 0 Å². The van der Waals surface area contributed by atoms with Crippen LogP contribution < -0.4 is 10.1 Å². The lowest BCUT2D eigenvalue weighted by molar-refractivity contribution is -0.0498. The Balaban J connectivity index is 2.01. The number of halogens is 5. The number of nitrogens with one attached hydrogen (secondary N) is 1. The fraction of sp³-hybridized carbons (Fsp3) is 0.143. The zero-order valence-electron chi connectivity index (χ0n) is 10.5. The molecule has 0 aliphatic carbocycles. The quantitative estimate of drug-likeness (QED) is 0.599. The Labute approximate surface area is 126 Å². The molecule has 0 atom stereocenters. The van der Waals surface area contributed by atoms with Crippen molar-refractivity contribution in [1.82, 2.24) is 0 Å². The Bertz CT molecular complexity index is 619. The summed E-state index contributed by atoms with van der Waals surface area (Å²) in [4.78, 5) is 0. The summed E-state index contributed by atoms with van der Waals surface area (Å²) < 4.78 is 55.1. The molecular formula is C14H10BrF4NO. The van der Waals surface area contributed by atoms with E-state index in [9.17, 15) is 17.6 Å². The van der Waals surface area contributed by atoms with Crippen LogP contribution in [0.15, 0.2) is 40.9 Å². The number of rotatable bonds is 5. The summed E-state index contributed by atoms with van der Waals surface area (Å²) in [5, 5.41) is 2.73. The number of hydrogen-bond acceptors (Lipinski definition) is 2. The number of ether oxygens (including phenoxy) is 1. The Morgan fingerprint density at radius 3 is 2.33 bits per heavy atom. The molecule has 2 aromatic rings. The maximum Gasteiger partial charge on any atom is 0.387 e. The van der Waals surface area contributed by atoms with Gasteiger partial charge in [0, 0.05) is 12.6 Å². The third kappa shape index (κ3) is 4.35. The Morgan fingerprint density at radius 1 is 1.05 bits per heavy atom. The lowest BCUT2D eigenvalue weighted by Gasteiger charge is -2.09. The van der Waals surface area contributed by atoms with Crippen LogP contribution in [-0.4, -0.2) is 6.61 Å². The van der Waals surface area contributed by atoms with Gasteiger partial charge in [-0.2, -0.15) is 8.78 Å². The first-order chi connectivity index (χ1) is 9.95. The van der Waals surface area contributed by atoms with Crippen LogP contribution in [0.25, 0.3) is 0 Å². The topological polar surface area (TPSA) is 21.3 Å². The molecule has 0 saturated heterocycles. The summed E-state index contributed by atoms with van der Waals surface area (Å²) >= 11 is 2.89.